The number of thiophene rings is 1. The number of nitriles is 1. The first-order chi connectivity index (χ1) is 13.3. The Bertz CT molecular complexity index is 1330. The summed E-state index contributed by atoms with van der Waals surface area (Å²) in [4.78, 5) is 0.735. The van der Waals surface area contributed by atoms with Crippen LogP contribution in [0.5, 0.6) is 0 Å². The SMILES string of the molecule is N#Cc1oc2c(sc3nnc(-c4ccccc4)c(-c4ccccc4)c32)c1N. The lowest BCUT2D eigenvalue weighted by Crippen LogP contribution is -1.93. The van der Waals surface area contributed by atoms with Crippen LogP contribution in [0.2, 0.25) is 0 Å². The number of benzene rings is 2. The summed E-state index contributed by atoms with van der Waals surface area (Å²) in [6, 6.07) is 21.9. The molecule has 0 saturated carbocycles. The average molecular weight is 368 g/mol. The van der Waals surface area contributed by atoms with E-state index in [4.69, 9.17) is 10.2 Å². The summed E-state index contributed by atoms with van der Waals surface area (Å²) in [5, 5.41) is 19.1. The number of nitrogens with two attached hydrogens (primary N) is 1. The molecule has 0 bridgehead atoms. The molecule has 0 atom stereocenters. The van der Waals surface area contributed by atoms with E-state index in [2.05, 4.69) is 10.2 Å². The Morgan fingerprint density at radius 1 is 0.926 bits per heavy atom. The van der Waals surface area contributed by atoms with E-state index in [1.54, 1.807) is 0 Å². The first-order valence-electron chi connectivity index (χ1n) is 8.30. The summed E-state index contributed by atoms with van der Waals surface area (Å²) in [5.41, 5.74) is 10.7. The van der Waals surface area contributed by atoms with Gasteiger partial charge in [0, 0.05) is 11.1 Å². The van der Waals surface area contributed by atoms with Crippen LogP contribution in [-0.4, -0.2) is 10.2 Å². The normalized spacial score (nSPS) is 11.1. The number of nitrogens with zero attached hydrogens (tertiary/aromatic N) is 3. The van der Waals surface area contributed by atoms with Crippen LogP contribution in [-0.2, 0) is 0 Å². The maximum absolute atomic E-state index is 9.28. The number of rotatable bonds is 2. The van der Waals surface area contributed by atoms with E-state index < -0.39 is 0 Å². The summed E-state index contributed by atoms with van der Waals surface area (Å²) < 4.78 is 6.55. The number of fused-ring (bicyclic) bond motifs is 3. The van der Waals surface area contributed by atoms with Crippen molar-refractivity contribution >= 4 is 37.5 Å². The largest absolute Gasteiger partial charge is 0.442 e. The van der Waals surface area contributed by atoms with Crippen LogP contribution in [0.15, 0.2) is 65.1 Å². The number of nitrogen functional groups attached to an aromatic ring is 1. The zero-order valence-corrected chi connectivity index (χ0v) is 14.8. The summed E-state index contributed by atoms with van der Waals surface area (Å²) in [6.45, 7) is 0. The molecule has 0 amide bonds. The smallest absolute Gasteiger partial charge is 0.228 e. The number of aromatic nitrogens is 2. The summed E-state index contributed by atoms with van der Waals surface area (Å²) >= 11 is 1.39. The van der Waals surface area contributed by atoms with Crippen molar-refractivity contribution in [1.82, 2.24) is 10.2 Å². The molecule has 3 aromatic heterocycles. The van der Waals surface area contributed by atoms with Crippen molar-refractivity contribution in [2.45, 2.75) is 0 Å². The Hall–Kier alpha value is -3.69. The molecule has 0 aliphatic rings. The predicted molar refractivity (Wildman–Crippen MR) is 107 cm³/mol. The van der Waals surface area contributed by atoms with Gasteiger partial charge in [0.05, 0.1) is 5.39 Å². The monoisotopic (exact) mass is 368 g/mol. The lowest BCUT2D eigenvalue weighted by Gasteiger charge is -2.10. The molecule has 5 aromatic rings. The maximum Gasteiger partial charge on any atom is 0.228 e. The van der Waals surface area contributed by atoms with Gasteiger partial charge in [-0.25, -0.2) is 0 Å². The van der Waals surface area contributed by atoms with E-state index in [1.807, 2.05) is 66.7 Å². The highest BCUT2D eigenvalue weighted by molar-refractivity contribution is 7.26. The van der Waals surface area contributed by atoms with Gasteiger partial charge in [-0.3, -0.25) is 0 Å². The van der Waals surface area contributed by atoms with Crippen molar-refractivity contribution in [3.63, 3.8) is 0 Å². The van der Waals surface area contributed by atoms with Gasteiger partial charge in [-0.15, -0.1) is 21.5 Å². The second kappa shape index (κ2) is 5.94. The van der Waals surface area contributed by atoms with E-state index in [0.29, 0.717) is 11.3 Å². The van der Waals surface area contributed by atoms with Gasteiger partial charge < -0.3 is 10.2 Å². The highest BCUT2D eigenvalue weighted by Crippen LogP contribution is 2.45. The molecule has 128 valence electrons. The molecule has 0 radical (unpaired) electrons. The number of hydrogen-bond acceptors (Lipinski definition) is 6. The van der Waals surface area contributed by atoms with Gasteiger partial charge in [-0.05, 0) is 5.56 Å². The summed E-state index contributed by atoms with van der Waals surface area (Å²) in [7, 11) is 0. The van der Waals surface area contributed by atoms with Gasteiger partial charge in [-0.1, -0.05) is 60.7 Å². The molecule has 0 spiro atoms. The first kappa shape index (κ1) is 15.6. The third-order valence-electron chi connectivity index (χ3n) is 4.48. The van der Waals surface area contributed by atoms with Crippen LogP contribution in [0.25, 0.3) is 42.9 Å². The maximum atomic E-state index is 9.28. The van der Waals surface area contributed by atoms with Gasteiger partial charge in [0.15, 0.2) is 10.4 Å². The topological polar surface area (TPSA) is 88.7 Å². The zero-order chi connectivity index (χ0) is 18.4. The lowest BCUT2D eigenvalue weighted by atomic mass is 9.97. The molecule has 2 aromatic carbocycles. The van der Waals surface area contributed by atoms with Crippen LogP contribution in [0, 0.1) is 11.3 Å². The Morgan fingerprint density at radius 2 is 1.59 bits per heavy atom. The van der Waals surface area contributed by atoms with E-state index in [0.717, 1.165) is 37.3 Å². The van der Waals surface area contributed by atoms with Crippen molar-refractivity contribution < 1.29 is 4.42 Å². The molecule has 2 N–H and O–H groups in total. The standard InChI is InChI=1S/C21H12N4OS/c22-11-14-17(23)20-19(26-14)16-15(12-7-3-1-4-8-12)18(24-25-21(16)27-20)13-9-5-2-6-10-13/h1-10H,23H2. The van der Waals surface area contributed by atoms with Crippen molar-refractivity contribution in [2.75, 3.05) is 5.73 Å². The molecule has 5 nitrogen and oxygen atoms in total. The fourth-order valence-corrected chi connectivity index (χ4v) is 4.27. The summed E-state index contributed by atoms with van der Waals surface area (Å²) in [5.74, 6) is 0.134. The van der Waals surface area contributed by atoms with Gasteiger partial charge in [0.1, 0.15) is 22.2 Å². The van der Waals surface area contributed by atoms with Gasteiger partial charge in [0.2, 0.25) is 5.76 Å². The molecular formula is C21H12N4OS. The average Bonchev–Trinajstić information content (AvgIpc) is 3.25. The van der Waals surface area contributed by atoms with Crippen LogP contribution in [0.4, 0.5) is 5.69 Å². The van der Waals surface area contributed by atoms with Crippen molar-refractivity contribution in [1.29, 1.82) is 5.26 Å². The summed E-state index contributed by atoms with van der Waals surface area (Å²) in [6.07, 6.45) is 0. The van der Waals surface area contributed by atoms with E-state index in [1.165, 1.54) is 11.3 Å². The van der Waals surface area contributed by atoms with Crippen LogP contribution in [0.1, 0.15) is 5.76 Å². The second-order valence-corrected chi connectivity index (χ2v) is 7.05. The Labute approximate surface area is 158 Å². The number of anilines is 1. The zero-order valence-electron chi connectivity index (χ0n) is 14.0. The molecule has 0 fully saturated rings. The Balaban J connectivity index is 1.97. The Morgan fingerprint density at radius 3 is 2.26 bits per heavy atom. The van der Waals surface area contributed by atoms with Gasteiger partial charge in [0.25, 0.3) is 0 Å². The molecule has 6 heteroatoms. The van der Waals surface area contributed by atoms with Crippen molar-refractivity contribution in [3.05, 3.63) is 66.4 Å². The van der Waals surface area contributed by atoms with Crippen molar-refractivity contribution in [3.8, 4) is 28.5 Å². The minimum absolute atomic E-state index is 0.134. The predicted octanol–water partition coefficient (Wildman–Crippen LogP) is 5.23. The minimum Gasteiger partial charge on any atom is -0.442 e. The molecule has 5 rings (SSSR count). The van der Waals surface area contributed by atoms with E-state index >= 15 is 0 Å². The Kier molecular flexibility index (Phi) is 3.42. The van der Waals surface area contributed by atoms with Gasteiger partial charge >= 0.3 is 0 Å². The van der Waals surface area contributed by atoms with Crippen LogP contribution >= 0.6 is 11.3 Å². The molecule has 0 aliphatic heterocycles. The van der Waals surface area contributed by atoms with Crippen LogP contribution < -0.4 is 5.73 Å². The van der Waals surface area contributed by atoms with Gasteiger partial charge in [-0.2, -0.15) is 5.26 Å². The highest BCUT2D eigenvalue weighted by Gasteiger charge is 2.23. The third-order valence-corrected chi connectivity index (χ3v) is 5.57. The van der Waals surface area contributed by atoms with E-state index in [-0.39, 0.29) is 5.76 Å². The number of furan rings is 1. The van der Waals surface area contributed by atoms with Crippen molar-refractivity contribution in [2.24, 2.45) is 0 Å². The molecular weight excluding hydrogens is 356 g/mol. The second-order valence-electron chi connectivity index (χ2n) is 6.05. The highest BCUT2D eigenvalue weighted by atomic mass is 32.1. The first-order valence-corrected chi connectivity index (χ1v) is 9.11. The lowest BCUT2D eigenvalue weighted by molar-refractivity contribution is 0.604. The molecule has 0 aliphatic carbocycles. The minimum atomic E-state index is 0.134. The molecule has 0 saturated heterocycles. The van der Waals surface area contributed by atoms with E-state index in [9.17, 15) is 5.26 Å². The molecule has 0 unspecified atom stereocenters. The third kappa shape index (κ3) is 2.30. The molecule has 27 heavy (non-hydrogen) atoms. The molecule has 3 heterocycles. The fraction of sp³-hybridized carbons (Fsp3) is 0. The van der Waals surface area contributed by atoms with Crippen LogP contribution in [0.3, 0.4) is 0 Å². The number of hydrogen-bond donors (Lipinski definition) is 1. The fourth-order valence-electron chi connectivity index (χ4n) is 3.26. The quantitative estimate of drug-likeness (QED) is 0.461.